The van der Waals surface area contributed by atoms with Gasteiger partial charge in [0.25, 0.3) is 5.56 Å². The van der Waals surface area contributed by atoms with Crippen molar-refractivity contribution >= 4 is 16.6 Å². The van der Waals surface area contributed by atoms with Gasteiger partial charge in [0.1, 0.15) is 6.04 Å². The van der Waals surface area contributed by atoms with Crippen molar-refractivity contribution in [2.45, 2.75) is 44.2 Å². The Labute approximate surface area is 195 Å². The van der Waals surface area contributed by atoms with Gasteiger partial charge in [-0.25, -0.2) is 4.68 Å². The Morgan fingerprint density at radius 1 is 1.06 bits per heavy atom. The first-order valence-electron chi connectivity index (χ1n) is 11.8. The minimum atomic E-state index is -0.405. The highest BCUT2D eigenvalue weighted by atomic mass is 16.7. The number of aromatic amines is 1. The van der Waals surface area contributed by atoms with E-state index < -0.39 is 6.04 Å². The van der Waals surface area contributed by atoms with Crippen molar-refractivity contribution in [2.24, 2.45) is 0 Å². The number of aromatic nitrogens is 5. The van der Waals surface area contributed by atoms with E-state index in [1.807, 2.05) is 28.9 Å². The Bertz CT molecular complexity index is 1450. The Morgan fingerprint density at radius 2 is 1.88 bits per heavy atom. The maximum Gasteiger partial charge on any atom is 0.254 e. The number of nitrogens with zero attached hydrogens (tertiary/aromatic N) is 5. The van der Waals surface area contributed by atoms with Crippen LogP contribution in [0.15, 0.2) is 47.3 Å². The highest BCUT2D eigenvalue weighted by Gasteiger charge is 2.36. The van der Waals surface area contributed by atoms with E-state index in [0.717, 1.165) is 36.9 Å². The van der Waals surface area contributed by atoms with Crippen molar-refractivity contribution in [1.29, 1.82) is 0 Å². The molecule has 9 nitrogen and oxygen atoms in total. The predicted molar refractivity (Wildman–Crippen MR) is 125 cm³/mol. The van der Waals surface area contributed by atoms with Crippen LogP contribution in [0.5, 0.6) is 11.5 Å². The molecule has 1 fully saturated rings. The number of fused-ring (bicyclic) bond motifs is 3. The molecule has 2 aliphatic heterocycles. The maximum atomic E-state index is 13.5. The van der Waals surface area contributed by atoms with Gasteiger partial charge in [-0.15, -0.1) is 5.10 Å². The minimum absolute atomic E-state index is 0.151. The molecule has 1 aliphatic carbocycles. The van der Waals surface area contributed by atoms with E-state index in [2.05, 4.69) is 43.6 Å². The lowest BCUT2D eigenvalue weighted by Gasteiger charge is -2.30. The van der Waals surface area contributed by atoms with E-state index in [1.54, 1.807) is 0 Å². The lowest BCUT2D eigenvalue weighted by molar-refractivity contribution is 0.174. The molecule has 9 heteroatoms. The number of H-pyrrole nitrogens is 1. The van der Waals surface area contributed by atoms with Crippen molar-refractivity contribution in [2.75, 3.05) is 18.2 Å². The van der Waals surface area contributed by atoms with Crippen LogP contribution in [0.4, 0.5) is 5.69 Å². The third-order valence-corrected chi connectivity index (χ3v) is 7.33. The molecule has 2 aromatic heterocycles. The van der Waals surface area contributed by atoms with Crippen LogP contribution >= 0.6 is 0 Å². The summed E-state index contributed by atoms with van der Waals surface area (Å²) in [5.41, 5.74) is 3.58. The average Bonchev–Trinajstić information content (AvgIpc) is 3.65. The van der Waals surface area contributed by atoms with Crippen LogP contribution in [0, 0.1) is 0 Å². The van der Waals surface area contributed by atoms with Crippen LogP contribution in [-0.2, 0) is 6.42 Å². The SMILES string of the molecule is O=c1[nH]c2cc3c(cc2cc1C(c1nnnn1C1CCCC1)N1CCc2ccccc21)OCO3. The second-order valence-corrected chi connectivity index (χ2v) is 9.24. The number of pyridine rings is 1. The molecule has 0 saturated heterocycles. The molecular weight excluding hydrogens is 432 g/mol. The van der Waals surface area contributed by atoms with Crippen LogP contribution < -0.4 is 19.9 Å². The number of nitrogens with one attached hydrogen (secondary N) is 1. The molecule has 1 saturated carbocycles. The van der Waals surface area contributed by atoms with Gasteiger partial charge in [-0.3, -0.25) is 4.79 Å². The lowest BCUT2D eigenvalue weighted by Crippen LogP contribution is -2.34. The fourth-order valence-electron chi connectivity index (χ4n) is 5.68. The summed E-state index contributed by atoms with van der Waals surface area (Å²) in [5, 5.41) is 13.8. The van der Waals surface area contributed by atoms with Crippen molar-refractivity contribution in [3.63, 3.8) is 0 Å². The monoisotopic (exact) mass is 456 g/mol. The van der Waals surface area contributed by atoms with Gasteiger partial charge < -0.3 is 19.4 Å². The summed E-state index contributed by atoms with van der Waals surface area (Å²) in [6.07, 6.45) is 5.37. The van der Waals surface area contributed by atoms with E-state index in [0.29, 0.717) is 28.4 Å². The quantitative estimate of drug-likeness (QED) is 0.502. The molecule has 1 atom stereocenters. The number of hydrogen-bond acceptors (Lipinski definition) is 7. The average molecular weight is 457 g/mol. The van der Waals surface area contributed by atoms with Crippen LogP contribution in [0.25, 0.3) is 10.9 Å². The number of tetrazole rings is 1. The van der Waals surface area contributed by atoms with Crippen LogP contribution in [0.2, 0.25) is 0 Å². The van der Waals surface area contributed by atoms with Gasteiger partial charge in [-0.1, -0.05) is 31.0 Å². The fourth-order valence-corrected chi connectivity index (χ4v) is 5.68. The van der Waals surface area contributed by atoms with Crippen LogP contribution in [0.1, 0.15) is 54.7 Å². The van der Waals surface area contributed by atoms with Crippen molar-refractivity contribution < 1.29 is 9.47 Å². The minimum Gasteiger partial charge on any atom is -0.454 e. The maximum absolute atomic E-state index is 13.5. The normalized spacial score (nSPS) is 18.1. The summed E-state index contributed by atoms with van der Waals surface area (Å²) < 4.78 is 13.0. The third kappa shape index (κ3) is 2.99. The second-order valence-electron chi connectivity index (χ2n) is 9.24. The van der Waals surface area contributed by atoms with Gasteiger partial charge in [0, 0.05) is 29.2 Å². The zero-order valence-corrected chi connectivity index (χ0v) is 18.6. The van der Waals surface area contributed by atoms with E-state index >= 15 is 0 Å². The van der Waals surface area contributed by atoms with E-state index in [4.69, 9.17) is 9.47 Å². The van der Waals surface area contributed by atoms with Gasteiger partial charge in [0.05, 0.1) is 11.6 Å². The number of para-hydroxylation sites is 1. The van der Waals surface area contributed by atoms with Crippen molar-refractivity contribution in [3.8, 4) is 11.5 Å². The first kappa shape index (κ1) is 19.6. The molecule has 1 unspecified atom stereocenters. The summed E-state index contributed by atoms with van der Waals surface area (Å²) in [6, 6.07) is 13.9. The molecule has 3 aliphatic rings. The topological polar surface area (TPSA) is 98.2 Å². The molecule has 0 spiro atoms. The molecule has 0 amide bonds. The van der Waals surface area contributed by atoms with Gasteiger partial charge >= 0.3 is 0 Å². The largest absolute Gasteiger partial charge is 0.454 e. The van der Waals surface area contributed by atoms with Crippen molar-refractivity contribution in [1.82, 2.24) is 25.2 Å². The third-order valence-electron chi connectivity index (χ3n) is 7.33. The zero-order chi connectivity index (χ0) is 22.6. The summed E-state index contributed by atoms with van der Waals surface area (Å²) >= 11 is 0. The summed E-state index contributed by atoms with van der Waals surface area (Å²) in [6.45, 7) is 0.978. The highest BCUT2D eigenvalue weighted by Crippen LogP contribution is 2.40. The van der Waals surface area contributed by atoms with Gasteiger partial charge in [-0.05, 0) is 53.5 Å². The number of ether oxygens (including phenoxy) is 2. The summed E-state index contributed by atoms with van der Waals surface area (Å²) in [4.78, 5) is 18.9. The number of hydrogen-bond donors (Lipinski definition) is 1. The molecule has 34 heavy (non-hydrogen) atoms. The lowest BCUT2D eigenvalue weighted by atomic mass is 10.0. The Hall–Kier alpha value is -3.88. The van der Waals surface area contributed by atoms with Gasteiger partial charge in [0.2, 0.25) is 6.79 Å². The van der Waals surface area contributed by atoms with E-state index in [-0.39, 0.29) is 18.4 Å². The Kier molecular flexibility index (Phi) is 4.36. The van der Waals surface area contributed by atoms with Crippen LogP contribution in [-0.4, -0.2) is 38.5 Å². The zero-order valence-electron chi connectivity index (χ0n) is 18.6. The molecule has 172 valence electrons. The summed E-state index contributed by atoms with van der Waals surface area (Å²) in [7, 11) is 0. The van der Waals surface area contributed by atoms with E-state index in [1.165, 1.54) is 18.4 Å². The Morgan fingerprint density at radius 3 is 2.76 bits per heavy atom. The van der Waals surface area contributed by atoms with Crippen molar-refractivity contribution in [3.05, 3.63) is 69.8 Å². The standard InChI is InChI=1S/C25H24N6O3/c32-25-18(11-16-12-21-22(34-14-33-21)13-19(16)26-25)23(30-10-9-15-5-1-4-8-20(15)30)24-27-28-29-31(24)17-6-2-3-7-17/h1,4-5,8,11-13,17,23H,2-3,6-7,9-10,14H2,(H,26,32). The van der Waals surface area contributed by atoms with Gasteiger partial charge in [0.15, 0.2) is 17.3 Å². The predicted octanol–water partition coefficient (Wildman–Crippen LogP) is 3.51. The molecule has 0 bridgehead atoms. The molecule has 4 heterocycles. The first-order chi connectivity index (χ1) is 16.8. The number of anilines is 1. The molecule has 4 aromatic rings. The molecule has 7 rings (SSSR count). The smallest absolute Gasteiger partial charge is 0.254 e. The van der Waals surface area contributed by atoms with E-state index in [9.17, 15) is 4.79 Å². The molecule has 0 radical (unpaired) electrons. The summed E-state index contributed by atoms with van der Waals surface area (Å²) in [5.74, 6) is 2.05. The highest BCUT2D eigenvalue weighted by molar-refractivity contribution is 5.83. The molecule has 1 N–H and O–H groups in total. The van der Waals surface area contributed by atoms with Gasteiger partial charge in [-0.2, -0.15) is 0 Å². The van der Waals surface area contributed by atoms with Crippen LogP contribution in [0.3, 0.4) is 0 Å². The molecule has 2 aromatic carbocycles. The number of rotatable bonds is 4. The fraction of sp³-hybridized carbons (Fsp3) is 0.360. The number of benzene rings is 2. The Balaban J connectivity index is 1.43. The molecular formula is C25H24N6O3. The second kappa shape index (κ2) is 7.58. The first-order valence-corrected chi connectivity index (χ1v) is 11.8.